The fourth-order valence-electron chi connectivity index (χ4n) is 1.58. The summed E-state index contributed by atoms with van der Waals surface area (Å²) in [5.74, 6) is -0.423. The van der Waals surface area contributed by atoms with Crippen molar-refractivity contribution in [2.45, 2.75) is 5.75 Å². The second kappa shape index (κ2) is 3.96. The molecular weight excluding hydrogens is 248 g/mol. The maximum atomic E-state index is 10.9. The van der Waals surface area contributed by atoms with Crippen LogP contribution in [0.15, 0.2) is 36.4 Å². The van der Waals surface area contributed by atoms with Crippen molar-refractivity contribution in [2.75, 3.05) is 0 Å². The van der Waals surface area contributed by atoms with Crippen LogP contribution in [-0.2, 0) is 14.8 Å². The van der Waals surface area contributed by atoms with Crippen LogP contribution in [0.1, 0.15) is 5.56 Å². The zero-order valence-corrected chi connectivity index (χ0v) is 9.79. The van der Waals surface area contributed by atoms with E-state index in [1.165, 1.54) is 6.07 Å². The molecule has 0 aliphatic carbocycles. The maximum Gasteiger partial charge on any atom is 0.236 e. The molecule has 3 nitrogen and oxygen atoms in total. The molecule has 0 spiro atoms. The molecule has 16 heavy (non-hydrogen) atoms. The molecule has 0 heterocycles. The van der Waals surface area contributed by atoms with Gasteiger partial charge in [0.05, 0.1) is 5.75 Å². The predicted octanol–water partition coefficient (Wildman–Crippen LogP) is 2.61. The molecule has 2 aromatic rings. The molecule has 0 fully saturated rings. The molecule has 84 valence electrons. The summed E-state index contributed by atoms with van der Waals surface area (Å²) in [4.78, 5) is 0. The second-order valence-corrected chi connectivity index (χ2v) is 6.29. The normalized spacial score (nSPS) is 11.8. The number of phenolic OH excluding ortho intramolecular Hbond substituents is 1. The van der Waals surface area contributed by atoms with Crippen molar-refractivity contribution in [3.8, 4) is 5.75 Å². The number of fused-ring (bicyclic) bond motifs is 1. The number of hydrogen-bond donors (Lipinski definition) is 1. The summed E-state index contributed by atoms with van der Waals surface area (Å²) in [7, 11) is 1.50. The Labute approximate surface area is 97.7 Å². The quantitative estimate of drug-likeness (QED) is 0.841. The molecule has 0 aromatic heterocycles. The molecule has 0 atom stereocenters. The molecule has 0 saturated carbocycles. The minimum absolute atomic E-state index is 0.0528. The van der Waals surface area contributed by atoms with E-state index in [-0.39, 0.29) is 11.5 Å². The summed E-state index contributed by atoms with van der Waals surface area (Å²) in [6, 6.07) is 10.5. The Bertz CT molecular complexity index is 635. The van der Waals surface area contributed by atoms with Crippen LogP contribution in [0.25, 0.3) is 10.8 Å². The smallest absolute Gasteiger partial charge is 0.236 e. The van der Waals surface area contributed by atoms with Gasteiger partial charge in [0.1, 0.15) is 5.75 Å². The Kier molecular flexibility index (Phi) is 2.78. The number of rotatable bonds is 2. The van der Waals surface area contributed by atoms with Crippen molar-refractivity contribution in [2.24, 2.45) is 0 Å². The number of halogens is 1. The largest absolute Gasteiger partial charge is 0.508 e. The molecule has 0 unspecified atom stereocenters. The van der Waals surface area contributed by atoms with Gasteiger partial charge >= 0.3 is 0 Å². The lowest BCUT2D eigenvalue weighted by atomic mass is 10.1. The Hall–Kier alpha value is -1.26. The number of hydrogen-bond acceptors (Lipinski definition) is 3. The highest BCUT2D eigenvalue weighted by Crippen LogP contribution is 2.27. The molecule has 0 aliphatic rings. The summed E-state index contributed by atoms with van der Waals surface area (Å²) in [5.41, 5.74) is 0.314. The average Bonchev–Trinajstić information content (AvgIpc) is 2.17. The summed E-state index contributed by atoms with van der Waals surface area (Å²) >= 11 is 0. The minimum Gasteiger partial charge on any atom is -0.508 e. The van der Waals surface area contributed by atoms with Crippen LogP contribution in [-0.4, -0.2) is 13.5 Å². The Morgan fingerprint density at radius 2 is 1.69 bits per heavy atom. The van der Waals surface area contributed by atoms with Crippen LogP contribution >= 0.6 is 10.7 Å². The van der Waals surface area contributed by atoms with Gasteiger partial charge in [0.2, 0.25) is 9.05 Å². The van der Waals surface area contributed by atoms with E-state index in [0.29, 0.717) is 5.56 Å². The van der Waals surface area contributed by atoms with Crippen LogP contribution < -0.4 is 0 Å². The van der Waals surface area contributed by atoms with E-state index in [0.717, 1.165) is 10.8 Å². The van der Waals surface area contributed by atoms with Crippen LogP contribution in [0.2, 0.25) is 0 Å². The van der Waals surface area contributed by atoms with Crippen LogP contribution in [0.3, 0.4) is 0 Å². The topological polar surface area (TPSA) is 54.4 Å². The maximum absolute atomic E-state index is 10.9. The van der Waals surface area contributed by atoms with E-state index in [2.05, 4.69) is 0 Å². The zero-order chi connectivity index (χ0) is 11.8. The minimum atomic E-state index is -3.66. The van der Waals surface area contributed by atoms with E-state index in [1.807, 2.05) is 24.3 Å². The first-order valence-corrected chi connectivity index (χ1v) is 7.06. The van der Waals surface area contributed by atoms with Crippen LogP contribution in [0.4, 0.5) is 0 Å². The van der Waals surface area contributed by atoms with Gasteiger partial charge in [-0.1, -0.05) is 24.3 Å². The van der Waals surface area contributed by atoms with E-state index in [9.17, 15) is 13.5 Å². The van der Waals surface area contributed by atoms with Crippen molar-refractivity contribution < 1.29 is 13.5 Å². The van der Waals surface area contributed by atoms with Gasteiger partial charge < -0.3 is 5.11 Å². The molecule has 2 aromatic carbocycles. The van der Waals surface area contributed by atoms with Crippen molar-refractivity contribution in [3.63, 3.8) is 0 Å². The van der Waals surface area contributed by atoms with Crippen molar-refractivity contribution in [3.05, 3.63) is 42.0 Å². The second-order valence-electron chi connectivity index (χ2n) is 3.51. The molecule has 1 N–H and O–H groups in total. The van der Waals surface area contributed by atoms with Gasteiger partial charge in [-0.05, 0) is 22.9 Å². The first-order valence-electron chi connectivity index (χ1n) is 4.59. The highest BCUT2D eigenvalue weighted by molar-refractivity contribution is 8.13. The molecule has 0 radical (unpaired) electrons. The third-order valence-electron chi connectivity index (χ3n) is 2.27. The Balaban J connectivity index is 2.58. The summed E-state index contributed by atoms with van der Waals surface area (Å²) in [6.07, 6.45) is 0. The van der Waals surface area contributed by atoms with Gasteiger partial charge in [0, 0.05) is 16.2 Å². The molecule has 0 bridgehead atoms. The fraction of sp³-hybridized carbons (Fsp3) is 0.0909. The molecule has 0 saturated heterocycles. The predicted molar refractivity (Wildman–Crippen MR) is 64.1 cm³/mol. The Morgan fingerprint density at radius 1 is 1.12 bits per heavy atom. The van der Waals surface area contributed by atoms with Gasteiger partial charge in [-0.15, -0.1) is 0 Å². The van der Waals surface area contributed by atoms with E-state index in [1.54, 1.807) is 6.07 Å². The lowest BCUT2D eigenvalue weighted by Gasteiger charge is -2.05. The standard InChI is InChI=1S/C11H9ClO3S/c12-16(14,15)7-10-5-8-3-1-2-4-9(8)6-11(10)13/h1-6,13H,7H2. The van der Waals surface area contributed by atoms with E-state index in [4.69, 9.17) is 10.7 Å². The first kappa shape index (κ1) is 11.2. The number of aromatic hydroxyl groups is 1. The molecular formula is C11H9ClO3S. The SMILES string of the molecule is O=S(=O)(Cl)Cc1cc2ccccc2cc1O. The van der Waals surface area contributed by atoms with E-state index < -0.39 is 9.05 Å². The van der Waals surface area contributed by atoms with Gasteiger partial charge in [-0.3, -0.25) is 0 Å². The highest BCUT2D eigenvalue weighted by Gasteiger charge is 2.11. The van der Waals surface area contributed by atoms with Gasteiger partial charge in [0.25, 0.3) is 0 Å². The van der Waals surface area contributed by atoms with Crippen LogP contribution in [0, 0.1) is 0 Å². The lowest BCUT2D eigenvalue weighted by molar-refractivity contribution is 0.471. The van der Waals surface area contributed by atoms with Gasteiger partial charge in [-0.25, -0.2) is 8.42 Å². The summed E-state index contributed by atoms with van der Waals surface area (Å²) in [6.45, 7) is 0. The van der Waals surface area contributed by atoms with Gasteiger partial charge in [0.15, 0.2) is 0 Å². The third-order valence-corrected chi connectivity index (χ3v) is 3.26. The fourth-order valence-corrected chi connectivity index (χ4v) is 2.53. The molecule has 2 rings (SSSR count). The number of phenols is 1. The lowest BCUT2D eigenvalue weighted by Crippen LogP contribution is -1.95. The average molecular weight is 257 g/mol. The first-order chi connectivity index (χ1) is 7.46. The zero-order valence-electron chi connectivity index (χ0n) is 8.22. The number of benzene rings is 2. The van der Waals surface area contributed by atoms with E-state index >= 15 is 0 Å². The monoisotopic (exact) mass is 256 g/mol. The van der Waals surface area contributed by atoms with Crippen molar-refractivity contribution in [1.29, 1.82) is 0 Å². The highest BCUT2D eigenvalue weighted by atomic mass is 35.7. The van der Waals surface area contributed by atoms with Crippen molar-refractivity contribution in [1.82, 2.24) is 0 Å². The molecule has 0 amide bonds. The summed E-state index contributed by atoms with van der Waals surface area (Å²) in [5, 5.41) is 11.4. The Morgan fingerprint density at radius 3 is 2.25 bits per heavy atom. The van der Waals surface area contributed by atoms with Gasteiger partial charge in [-0.2, -0.15) is 0 Å². The van der Waals surface area contributed by atoms with Crippen LogP contribution in [0.5, 0.6) is 5.75 Å². The molecule has 0 aliphatic heterocycles. The third kappa shape index (κ3) is 2.46. The van der Waals surface area contributed by atoms with Crippen molar-refractivity contribution >= 4 is 30.5 Å². The summed E-state index contributed by atoms with van der Waals surface area (Å²) < 4.78 is 21.9. The molecule has 5 heteroatoms.